The van der Waals surface area contributed by atoms with Gasteiger partial charge in [-0.15, -0.1) is 0 Å². The number of nitrogens with one attached hydrogen (secondary N) is 1. The highest BCUT2D eigenvalue weighted by molar-refractivity contribution is 5.96. The number of carbonyl (C=O) groups excluding carboxylic acids is 2. The summed E-state index contributed by atoms with van der Waals surface area (Å²) in [5, 5.41) is 11.4. The van der Waals surface area contributed by atoms with Crippen molar-refractivity contribution in [3.63, 3.8) is 0 Å². The number of hydrogen-bond acceptors (Lipinski definition) is 4. The van der Waals surface area contributed by atoms with Gasteiger partial charge >= 0.3 is 12.1 Å². The van der Waals surface area contributed by atoms with Crippen LogP contribution in [0.15, 0.2) is 18.2 Å². The number of carbonyl (C=O) groups is 2. The van der Waals surface area contributed by atoms with Gasteiger partial charge in [-0.2, -0.15) is 13.2 Å². The van der Waals surface area contributed by atoms with Gasteiger partial charge in [0.05, 0.1) is 13.5 Å². The Morgan fingerprint density at radius 3 is 2.36 bits per heavy atom. The van der Waals surface area contributed by atoms with E-state index in [1.54, 1.807) is 0 Å². The Kier molecular flexibility index (Phi) is 5.13. The number of methoxy groups -OCH3 is 1. The van der Waals surface area contributed by atoms with E-state index >= 15 is 0 Å². The summed E-state index contributed by atoms with van der Waals surface area (Å²) in [6, 6.07) is 3.47. The Hall–Kier alpha value is -2.16. The van der Waals surface area contributed by atoms with Crippen LogP contribution in [0.5, 0.6) is 0 Å². The zero-order valence-electron chi connectivity index (χ0n) is 11.6. The molecule has 22 heavy (non-hydrogen) atoms. The van der Waals surface area contributed by atoms with Gasteiger partial charge in [-0.25, -0.2) is 9.18 Å². The van der Waals surface area contributed by atoms with E-state index in [2.05, 4.69) is 4.74 Å². The van der Waals surface area contributed by atoms with Crippen molar-refractivity contribution in [1.29, 1.82) is 0 Å². The summed E-state index contributed by atoms with van der Waals surface area (Å²) in [7, 11) is 0.645. The molecule has 0 aliphatic heterocycles. The second kappa shape index (κ2) is 6.30. The Balaban J connectivity index is 2.93. The van der Waals surface area contributed by atoms with Gasteiger partial charge in [-0.1, -0.05) is 6.07 Å². The van der Waals surface area contributed by atoms with Crippen LogP contribution in [0.2, 0.25) is 0 Å². The maximum atomic E-state index is 13.3. The number of alkyl halides is 3. The third kappa shape index (κ3) is 3.73. The SMILES string of the molecule is COC(=O)[C@](O)(CC(=O)Nc1ccc(C)c(F)c1)C(F)(F)F. The van der Waals surface area contributed by atoms with Gasteiger partial charge in [0.2, 0.25) is 5.91 Å². The van der Waals surface area contributed by atoms with Gasteiger partial charge in [0.25, 0.3) is 5.60 Å². The van der Waals surface area contributed by atoms with E-state index in [0.717, 1.165) is 6.07 Å². The molecule has 1 aromatic rings. The quantitative estimate of drug-likeness (QED) is 0.656. The smallest absolute Gasteiger partial charge is 0.428 e. The van der Waals surface area contributed by atoms with Crippen molar-refractivity contribution in [1.82, 2.24) is 0 Å². The first-order valence-electron chi connectivity index (χ1n) is 5.95. The Morgan fingerprint density at radius 2 is 1.91 bits per heavy atom. The van der Waals surface area contributed by atoms with Gasteiger partial charge in [0.15, 0.2) is 0 Å². The minimum Gasteiger partial charge on any atom is -0.467 e. The van der Waals surface area contributed by atoms with E-state index in [4.69, 9.17) is 0 Å². The summed E-state index contributed by atoms with van der Waals surface area (Å²) >= 11 is 0. The summed E-state index contributed by atoms with van der Waals surface area (Å²) in [6.07, 6.45) is -7.02. The Morgan fingerprint density at radius 1 is 1.32 bits per heavy atom. The van der Waals surface area contributed by atoms with Crippen LogP contribution in [0.25, 0.3) is 0 Å². The zero-order valence-corrected chi connectivity index (χ0v) is 11.6. The van der Waals surface area contributed by atoms with Crippen molar-refractivity contribution in [2.45, 2.75) is 25.1 Å². The minimum absolute atomic E-state index is 0.109. The zero-order chi connectivity index (χ0) is 17.1. The summed E-state index contributed by atoms with van der Waals surface area (Å²) in [4.78, 5) is 22.7. The summed E-state index contributed by atoms with van der Waals surface area (Å²) in [5.41, 5.74) is -3.81. The number of aliphatic hydroxyl groups is 1. The third-order valence-electron chi connectivity index (χ3n) is 2.86. The van der Waals surface area contributed by atoms with E-state index in [0.29, 0.717) is 7.11 Å². The molecule has 0 aromatic heterocycles. The van der Waals surface area contributed by atoms with E-state index in [9.17, 15) is 32.3 Å². The fourth-order valence-electron chi connectivity index (χ4n) is 1.57. The number of rotatable bonds is 4. The molecule has 122 valence electrons. The topological polar surface area (TPSA) is 75.6 Å². The van der Waals surface area contributed by atoms with Crippen LogP contribution >= 0.6 is 0 Å². The average molecular weight is 323 g/mol. The number of aryl methyl sites for hydroxylation is 1. The maximum absolute atomic E-state index is 13.3. The van der Waals surface area contributed by atoms with Crippen LogP contribution in [0.1, 0.15) is 12.0 Å². The molecule has 0 aliphatic rings. The van der Waals surface area contributed by atoms with Gasteiger partial charge in [-0.3, -0.25) is 4.79 Å². The van der Waals surface area contributed by atoms with Gasteiger partial charge in [0, 0.05) is 5.69 Å². The first kappa shape index (κ1) is 17.9. The van der Waals surface area contributed by atoms with Crippen molar-refractivity contribution in [3.05, 3.63) is 29.6 Å². The predicted octanol–water partition coefficient (Wildman–Crippen LogP) is 1.93. The molecule has 0 heterocycles. The minimum atomic E-state index is -5.41. The molecule has 1 rings (SSSR count). The molecule has 2 N–H and O–H groups in total. The molecule has 9 heteroatoms. The third-order valence-corrected chi connectivity index (χ3v) is 2.86. The molecule has 0 bridgehead atoms. The summed E-state index contributed by atoms with van der Waals surface area (Å²) < 4.78 is 55.5. The number of halogens is 4. The lowest BCUT2D eigenvalue weighted by molar-refractivity contribution is -0.261. The second-order valence-corrected chi connectivity index (χ2v) is 4.54. The molecule has 0 aliphatic carbocycles. The maximum Gasteiger partial charge on any atom is 0.428 e. The molecule has 1 amide bonds. The highest BCUT2D eigenvalue weighted by atomic mass is 19.4. The molecular formula is C13H13F4NO4. The predicted molar refractivity (Wildman–Crippen MR) is 67.4 cm³/mol. The van der Waals surface area contributed by atoms with Crippen molar-refractivity contribution < 1.29 is 37.0 Å². The number of hydrogen-bond donors (Lipinski definition) is 2. The number of amides is 1. The fourth-order valence-corrected chi connectivity index (χ4v) is 1.57. The van der Waals surface area contributed by atoms with Crippen molar-refractivity contribution >= 4 is 17.6 Å². The second-order valence-electron chi connectivity index (χ2n) is 4.54. The molecule has 1 aromatic carbocycles. The number of anilines is 1. The lowest BCUT2D eigenvalue weighted by Gasteiger charge is -2.26. The average Bonchev–Trinajstić information content (AvgIpc) is 2.40. The highest BCUT2D eigenvalue weighted by Crippen LogP contribution is 2.34. The summed E-state index contributed by atoms with van der Waals surface area (Å²) in [5.74, 6) is -4.00. The van der Waals surface area contributed by atoms with Crippen LogP contribution in [0, 0.1) is 12.7 Å². The van der Waals surface area contributed by atoms with Gasteiger partial charge in [0.1, 0.15) is 5.82 Å². The van der Waals surface area contributed by atoms with E-state index < -0.39 is 35.9 Å². The lowest BCUT2D eigenvalue weighted by atomic mass is 9.98. The first-order chi connectivity index (χ1) is 10.0. The van der Waals surface area contributed by atoms with E-state index in [1.807, 2.05) is 5.32 Å². The van der Waals surface area contributed by atoms with Crippen LogP contribution in [-0.4, -0.2) is 35.9 Å². The lowest BCUT2D eigenvalue weighted by Crippen LogP contribution is -2.54. The molecule has 0 fully saturated rings. The van der Waals surface area contributed by atoms with E-state index in [1.165, 1.54) is 19.1 Å². The molecule has 0 saturated heterocycles. The van der Waals surface area contributed by atoms with Crippen LogP contribution < -0.4 is 5.32 Å². The van der Waals surface area contributed by atoms with Crippen molar-refractivity contribution in [2.75, 3.05) is 12.4 Å². The number of benzene rings is 1. The van der Waals surface area contributed by atoms with Crippen molar-refractivity contribution in [2.24, 2.45) is 0 Å². The van der Waals surface area contributed by atoms with Crippen LogP contribution in [0.4, 0.5) is 23.2 Å². The fraction of sp³-hybridized carbons (Fsp3) is 0.385. The number of esters is 1. The number of ether oxygens (including phenoxy) is 1. The monoisotopic (exact) mass is 323 g/mol. The highest BCUT2D eigenvalue weighted by Gasteiger charge is 2.61. The van der Waals surface area contributed by atoms with Gasteiger partial charge in [-0.05, 0) is 24.6 Å². The Bertz CT molecular complexity index is 588. The molecular weight excluding hydrogens is 310 g/mol. The normalized spacial score (nSPS) is 14.1. The first-order valence-corrected chi connectivity index (χ1v) is 5.95. The molecule has 1 atom stereocenters. The molecule has 0 unspecified atom stereocenters. The summed E-state index contributed by atoms with van der Waals surface area (Å²) in [6.45, 7) is 1.46. The molecule has 0 saturated carbocycles. The molecule has 0 radical (unpaired) electrons. The molecule has 0 spiro atoms. The van der Waals surface area contributed by atoms with Crippen molar-refractivity contribution in [3.8, 4) is 0 Å². The largest absolute Gasteiger partial charge is 0.467 e. The molecule has 5 nitrogen and oxygen atoms in total. The van der Waals surface area contributed by atoms with E-state index in [-0.39, 0.29) is 11.3 Å². The standard InChI is InChI=1S/C13H13F4NO4/c1-7-3-4-8(5-9(7)14)18-10(19)6-12(21,11(20)22-2)13(15,16)17/h3-5,21H,6H2,1-2H3,(H,18,19)/t12-/m1/s1. The Labute approximate surface area is 122 Å². The van der Waals surface area contributed by atoms with Gasteiger partial charge < -0.3 is 15.2 Å². The van der Waals surface area contributed by atoms with Crippen LogP contribution in [-0.2, 0) is 14.3 Å². The van der Waals surface area contributed by atoms with Crippen LogP contribution in [0.3, 0.4) is 0 Å².